The molecule has 0 saturated carbocycles. The second-order valence-corrected chi connectivity index (χ2v) is 10.0. The van der Waals surface area contributed by atoms with Crippen LogP contribution in [0.3, 0.4) is 0 Å². The SMILES string of the molecule is O=S(=O)(c1ccccc1Cl)N1CCN(c2nc(-c3ccc(F)c(Cl)c3)cs2)CC1. The summed E-state index contributed by atoms with van der Waals surface area (Å²) >= 11 is 13.4. The quantitative estimate of drug-likeness (QED) is 0.549. The fourth-order valence-electron chi connectivity index (χ4n) is 3.11. The first-order chi connectivity index (χ1) is 13.9. The van der Waals surface area contributed by atoms with Crippen molar-refractivity contribution in [3.8, 4) is 11.3 Å². The molecule has 1 aliphatic rings. The molecule has 0 radical (unpaired) electrons. The smallest absolute Gasteiger partial charge is 0.244 e. The molecule has 4 rings (SSSR count). The molecule has 1 fully saturated rings. The minimum Gasteiger partial charge on any atom is -0.345 e. The number of halogens is 3. The molecule has 0 unspecified atom stereocenters. The Morgan fingerprint density at radius 1 is 1.00 bits per heavy atom. The van der Waals surface area contributed by atoms with Crippen LogP contribution in [0.15, 0.2) is 52.7 Å². The predicted octanol–water partition coefficient (Wildman–Crippen LogP) is 4.77. The number of aromatic nitrogens is 1. The van der Waals surface area contributed by atoms with Crippen LogP contribution in [0.4, 0.5) is 9.52 Å². The van der Waals surface area contributed by atoms with Crippen molar-refractivity contribution in [3.63, 3.8) is 0 Å². The Morgan fingerprint density at radius 3 is 2.41 bits per heavy atom. The number of thiazole rings is 1. The summed E-state index contributed by atoms with van der Waals surface area (Å²) in [7, 11) is -3.64. The van der Waals surface area contributed by atoms with Crippen molar-refractivity contribution in [3.05, 3.63) is 63.7 Å². The number of rotatable bonds is 4. The molecule has 29 heavy (non-hydrogen) atoms. The van der Waals surface area contributed by atoms with Gasteiger partial charge in [-0.3, -0.25) is 0 Å². The molecule has 5 nitrogen and oxygen atoms in total. The Bertz CT molecular complexity index is 1150. The molecule has 0 spiro atoms. The monoisotopic (exact) mass is 471 g/mol. The van der Waals surface area contributed by atoms with Gasteiger partial charge in [0.15, 0.2) is 5.13 Å². The Labute approximate surface area is 182 Å². The van der Waals surface area contributed by atoms with E-state index in [2.05, 4.69) is 4.98 Å². The molecule has 10 heteroatoms. The number of piperazine rings is 1. The van der Waals surface area contributed by atoms with Gasteiger partial charge in [-0.15, -0.1) is 11.3 Å². The van der Waals surface area contributed by atoms with Crippen molar-refractivity contribution in [1.29, 1.82) is 0 Å². The Hall–Kier alpha value is -1.71. The third kappa shape index (κ3) is 4.13. The zero-order chi connectivity index (χ0) is 20.6. The van der Waals surface area contributed by atoms with Crippen molar-refractivity contribution < 1.29 is 12.8 Å². The summed E-state index contributed by atoms with van der Waals surface area (Å²) in [6.07, 6.45) is 0. The molecule has 0 bridgehead atoms. The summed E-state index contributed by atoms with van der Waals surface area (Å²) in [6.45, 7) is 1.71. The molecular weight excluding hydrogens is 456 g/mol. The first-order valence-corrected chi connectivity index (χ1v) is 11.8. The molecule has 2 heterocycles. The van der Waals surface area contributed by atoms with Gasteiger partial charge in [0.25, 0.3) is 0 Å². The van der Waals surface area contributed by atoms with E-state index in [1.807, 2.05) is 10.3 Å². The lowest BCUT2D eigenvalue weighted by Crippen LogP contribution is -2.48. The van der Waals surface area contributed by atoms with Crippen LogP contribution in [-0.4, -0.2) is 43.9 Å². The average Bonchev–Trinajstić information content (AvgIpc) is 3.20. The summed E-state index contributed by atoms with van der Waals surface area (Å²) < 4.78 is 40.5. The lowest BCUT2D eigenvalue weighted by Gasteiger charge is -2.33. The highest BCUT2D eigenvalue weighted by Crippen LogP contribution is 2.31. The molecule has 0 N–H and O–H groups in total. The summed E-state index contributed by atoms with van der Waals surface area (Å²) in [5.41, 5.74) is 1.44. The Balaban J connectivity index is 1.47. The van der Waals surface area contributed by atoms with Crippen LogP contribution >= 0.6 is 34.5 Å². The van der Waals surface area contributed by atoms with Crippen LogP contribution in [0.25, 0.3) is 11.3 Å². The normalized spacial score (nSPS) is 15.6. The Morgan fingerprint density at radius 2 is 1.72 bits per heavy atom. The van der Waals surface area contributed by atoms with Gasteiger partial charge in [-0.2, -0.15) is 4.31 Å². The first kappa shape index (κ1) is 20.6. The molecule has 2 aromatic carbocycles. The van der Waals surface area contributed by atoms with E-state index < -0.39 is 15.8 Å². The van der Waals surface area contributed by atoms with E-state index in [1.54, 1.807) is 30.3 Å². The lowest BCUT2D eigenvalue weighted by atomic mass is 10.2. The number of anilines is 1. The van der Waals surface area contributed by atoms with Crippen molar-refractivity contribution in [2.24, 2.45) is 0 Å². The van der Waals surface area contributed by atoms with E-state index in [4.69, 9.17) is 23.2 Å². The highest BCUT2D eigenvalue weighted by atomic mass is 35.5. The largest absolute Gasteiger partial charge is 0.345 e. The fourth-order valence-corrected chi connectivity index (χ4v) is 6.09. The second-order valence-electron chi connectivity index (χ2n) is 6.47. The molecule has 0 atom stereocenters. The summed E-state index contributed by atoms with van der Waals surface area (Å²) in [6, 6.07) is 10.9. The topological polar surface area (TPSA) is 53.5 Å². The van der Waals surface area contributed by atoms with E-state index in [9.17, 15) is 12.8 Å². The zero-order valence-corrected chi connectivity index (χ0v) is 18.2. The summed E-state index contributed by atoms with van der Waals surface area (Å²) in [4.78, 5) is 6.77. The molecule has 0 amide bonds. The van der Waals surface area contributed by atoms with Crippen LogP contribution in [0.1, 0.15) is 0 Å². The van der Waals surface area contributed by atoms with Gasteiger partial charge in [-0.25, -0.2) is 17.8 Å². The molecule has 1 saturated heterocycles. The van der Waals surface area contributed by atoms with Gasteiger partial charge in [0.1, 0.15) is 10.7 Å². The van der Waals surface area contributed by atoms with Crippen LogP contribution in [0, 0.1) is 5.82 Å². The second kappa shape index (κ2) is 8.20. The van der Waals surface area contributed by atoms with E-state index in [0.29, 0.717) is 31.9 Å². The molecule has 152 valence electrons. The summed E-state index contributed by atoms with van der Waals surface area (Å²) in [5, 5.41) is 2.94. The van der Waals surface area contributed by atoms with Crippen molar-refractivity contribution in [2.45, 2.75) is 4.90 Å². The van der Waals surface area contributed by atoms with Crippen LogP contribution < -0.4 is 4.90 Å². The fraction of sp³-hybridized carbons (Fsp3) is 0.211. The maximum atomic E-state index is 13.4. The van der Waals surface area contributed by atoms with Gasteiger partial charge < -0.3 is 4.90 Å². The van der Waals surface area contributed by atoms with E-state index >= 15 is 0 Å². The van der Waals surface area contributed by atoms with Gasteiger partial charge in [0.05, 0.1) is 15.7 Å². The molecule has 1 aliphatic heterocycles. The average molecular weight is 472 g/mol. The van der Waals surface area contributed by atoms with Gasteiger partial charge in [0, 0.05) is 37.1 Å². The van der Waals surface area contributed by atoms with Crippen LogP contribution in [-0.2, 0) is 10.0 Å². The Kier molecular flexibility index (Phi) is 5.81. The first-order valence-electron chi connectivity index (χ1n) is 8.77. The lowest BCUT2D eigenvalue weighted by molar-refractivity contribution is 0.385. The van der Waals surface area contributed by atoms with Gasteiger partial charge in [0.2, 0.25) is 10.0 Å². The molecule has 0 aliphatic carbocycles. The van der Waals surface area contributed by atoms with Gasteiger partial charge in [-0.05, 0) is 30.3 Å². The van der Waals surface area contributed by atoms with E-state index in [-0.39, 0.29) is 14.9 Å². The minimum absolute atomic E-state index is 0.0513. The van der Waals surface area contributed by atoms with Crippen molar-refractivity contribution in [1.82, 2.24) is 9.29 Å². The van der Waals surface area contributed by atoms with E-state index in [0.717, 1.165) is 10.7 Å². The third-order valence-electron chi connectivity index (χ3n) is 4.67. The number of benzene rings is 2. The molecular formula is C19H16Cl2FN3O2S2. The van der Waals surface area contributed by atoms with Crippen molar-refractivity contribution in [2.75, 3.05) is 31.1 Å². The highest BCUT2D eigenvalue weighted by Gasteiger charge is 2.30. The van der Waals surface area contributed by atoms with E-state index in [1.165, 1.54) is 27.8 Å². The third-order valence-corrected chi connectivity index (χ3v) is 8.26. The maximum absolute atomic E-state index is 13.4. The molecule has 3 aromatic rings. The summed E-state index contributed by atoms with van der Waals surface area (Å²) in [5.74, 6) is -0.471. The number of sulfonamides is 1. The zero-order valence-electron chi connectivity index (χ0n) is 15.1. The maximum Gasteiger partial charge on any atom is 0.244 e. The van der Waals surface area contributed by atoms with Gasteiger partial charge in [-0.1, -0.05) is 35.3 Å². The predicted molar refractivity (Wildman–Crippen MR) is 115 cm³/mol. The standard InChI is InChI=1S/C19H16Cl2FN3O2S2/c20-14-3-1-2-4-18(14)29(26,27)25-9-7-24(8-10-25)19-23-17(12-28-19)13-5-6-16(22)15(21)11-13/h1-6,11-12H,7-10H2. The van der Waals surface area contributed by atoms with Crippen LogP contribution in [0.5, 0.6) is 0 Å². The number of nitrogens with zero attached hydrogens (tertiary/aromatic N) is 3. The number of hydrogen-bond acceptors (Lipinski definition) is 5. The number of hydrogen-bond donors (Lipinski definition) is 0. The molecule has 1 aromatic heterocycles. The highest BCUT2D eigenvalue weighted by molar-refractivity contribution is 7.89. The minimum atomic E-state index is -3.64. The van der Waals surface area contributed by atoms with Crippen molar-refractivity contribution >= 4 is 49.7 Å². The van der Waals surface area contributed by atoms with Crippen LogP contribution in [0.2, 0.25) is 10.0 Å². The van der Waals surface area contributed by atoms with Gasteiger partial charge >= 0.3 is 0 Å².